The van der Waals surface area contributed by atoms with Gasteiger partial charge in [0.2, 0.25) is 5.95 Å². The number of aryl methyl sites for hydroxylation is 2. The highest BCUT2D eigenvalue weighted by atomic mass is 16.5. The number of methoxy groups -OCH3 is 1. The van der Waals surface area contributed by atoms with Crippen molar-refractivity contribution in [2.45, 2.75) is 26.7 Å². The first-order valence-corrected chi connectivity index (χ1v) is 8.67. The van der Waals surface area contributed by atoms with Crippen LogP contribution in [0.3, 0.4) is 0 Å². The van der Waals surface area contributed by atoms with E-state index in [0.717, 1.165) is 42.3 Å². The van der Waals surface area contributed by atoms with Crippen molar-refractivity contribution in [2.24, 2.45) is 5.92 Å². The largest absolute Gasteiger partial charge is 0.496 e. The maximum Gasteiger partial charge on any atom is 0.229 e. The summed E-state index contributed by atoms with van der Waals surface area (Å²) in [6.07, 6.45) is 2.07. The molecule has 136 valence electrons. The standard InChI is InChI=1S/C19H29N5O/c1-13(12-20-3)6-7-15-11-16(8-9-17(15)25-5)23-19-22-14(2)10-18(21-4)24-19/h8-11,13,20H,6-7,12H2,1-5H3,(H2,21,22,23,24)/t13-/m1/s1. The van der Waals surface area contributed by atoms with E-state index >= 15 is 0 Å². The number of hydrogen-bond acceptors (Lipinski definition) is 6. The van der Waals surface area contributed by atoms with Crippen molar-refractivity contribution in [3.63, 3.8) is 0 Å². The van der Waals surface area contributed by atoms with Gasteiger partial charge in [-0.25, -0.2) is 4.98 Å². The van der Waals surface area contributed by atoms with Crippen molar-refractivity contribution < 1.29 is 4.74 Å². The Hall–Kier alpha value is -2.34. The zero-order valence-electron chi connectivity index (χ0n) is 15.8. The topological polar surface area (TPSA) is 71.1 Å². The van der Waals surface area contributed by atoms with Crippen molar-refractivity contribution in [1.82, 2.24) is 15.3 Å². The number of nitrogens with one attached hydrogen (secondary N) is 3. The highest BCUT2D eigenvalue weighted by molar-refractivity contribution is 5.58. The smallest absolute Gasteiger partial charge is 0.229 e. The van der Waals surface area contributed by atoms with Crippen LogP contribution < -0.4 is 20.7 Å². The second kappa shape index (κ2) is 9.22. The average Bonchev–Trinajstić information content (AvgIpc) is 2.60. The number of anilines is 3. The number of hydrogen-bond donors (Lipinski definition) is 3. The van der Waals surface area contributed by atoms with E-state index in [2.05, 4.69) is 38.9 Å². The maximum atomic E-state index is 5.51. The Morgan fingerprint density at radius 1 is 1.16 bits per heavy atom. The summed E-state index contributed by atoms with van der Waals surface area (Å²) in [5.74, 6) is 2.92. The van der Waals surface area contributed by atoms with E-state index in [4.69, 9.17) is 4.74 Å². The summed E-state index contributed by atoms with van der Waals surface area (Å²) in [5.41, 5.74) is 3.07. The zero-order chi connectivity index (χ0) is 18.2. The third kappa shape index (κ3) is 5.60. The normalized spacial score (nSPS) is 11.9. The van der Waals surface area contributed by atoms with Crippen molar-refractivity contribution in [1.29, 1.82) is 0 Å². The van der Waals surface area contributed by atoms with Crippen molar-refractivity contribution in [3.8, 4) is 5.75 Å². The van der Waals surface area contributed by atoms with Gasteiger partial charge in [0.25, 0.3) is 0 Å². The molecule has 6 heteroatoms. The van der Waals surface area contributed by atoms with E-state index in [0.29, 0.717) is 11.9 Å². The fourth-order valence-corrected chi connectivity index (χ4v) is 2.79. The molecule has 0 amide bonds. The van der Waals surface area contributed by atoms with Gasteiger partial charge in [-0.05, 0) is 63.0 Å². The van der Waals surface area contributed by atoms with Gasteiger partial charge in [-0.2, -0.15) is 4.98 Å². The summed E-state index contributed by atoms with van der Waals surface area (Å²) in [4.78, 5) is 8.89. The molecule has 25 heavy (non-hydrogen) atoms. The molecule has 0 saturated carbocycles. The Balaban J connectivity index is 2.16. The average molecular weight is 343 g/mol. The van der Waals surface area contributed by atoms with Gasteiger partial charge in [0.15, 0.2) is 0 Å². The Morgan fingerprint density at radius 3 is 2.64 bits per heavy atom. The van der Waals surface area contributed by atoms with Gasteiger partial charge in [-0.1, -0.05) is 6.92 Å². The molecule has 0 bridgehead atoms. The molecule has 0 aliphatic rings. The lowest BCUT2D eigenvalue weighted by molar-refractivity contribution is 0.406. The number of nitrogens with zero attached hydrogens (tertiary/aromatic N) is 2. The first-order valence-electron chi connectivity index (χ1n) is 8.67. The Morgan fingerprint density at radius 2 is 1.96 bits per heavy atom. The van der Waals surface area contributed by atoms with Crippen LogP contribution in [0.25, 0.3) is 0 Å². The molecule has 0 spiro atoms. The third-order valence-electron chi connectivity index (χ3n) is 4.11. The third-order valence-corrected chi connectivity index (χ3v) is 4.11. The molecule has 6 nitrogen and oxygen atoms in total. The summed E-state index contributed by atoms with van der Waals surface area (Å²) in [5, 5.41) is 9.57. The predicted octanol–water partition coefficient (Wildman–Crippen LogP) is 3.37. The van der Waals surface area contributed by atoms with E-state index < -0.39 is 0 Å². The quantitative estimate of drug-likeness (QED) is 0.648. The van der Waals surface area contributed by atoms with Crippen LogP contribution in [0, 0.1) is 12.8 Å². The minimum atomic E-state index is 0.587. The van der Waals surface area contributed by atoms with Crippen LogP contribution in [0.1, 0.15) is 24.6 Å². The molecular formula is C19H29N5O. The van der Waals surface area contributed by atoms with Crippen LogP contribution in [0.4, 0.5) is 17.5 Å². The summed E-state index contributed by atoms with van der Waals surface area (Å²) >= 11 is 0. The fourth-order valence-electron chi connectivity index (χ4n) is 2.79. The van der Waals surface area contributed by atoms with Gasteiger partial charge in [0.05, 0.1) is 7.11 Å². The van der Waals surface area contributed by atoms with Crippen molar-refractivity contribution in [3.05, 3.63) is 35.5 Å². The van der Waals surface area contributed by atoms with Gasteiger partial charge in [0, 0.05) is 24.5 Å². The number of benzene rings is 1. The zero-order valence-corrected chi connectivity index (χ0v) is 15.8. The summed E-state index contributed by atoms with van der Waals surface area (Å²) in [6.45, 7) is 5.23. The maximum absolute atomic E-state index is 5.51. The Labute approximate surface area is 150 Å². The van der Waals surface area contributed by atoms with Crippen LogP contribution in [0.2, 0.25) is 0 Å². The molecule has 1 atom stereocenters. The first kappa shape index (κ1) is 19.0. The molecule has 0 fully saturated rings. The lowest BCUT2D eigenvalue weighted by atomic mass is 10.00. The summed E-state index contributed by atoms with van der Waals surface area (Å²) in [6, 6.07) is 8.02. The second-order valence-corrected chi connectivity index (χ2v) is 6.32. The predicted molar refractivity (Wildman–Crippen MR) is 104 cm³/mol. The van der Waals surface area contributed by atoms with E-state index in [1.54, 1.807) is 7.11 Å². The van der Waals surface area contributed by atoms with Gasteiger partial charge in [-0.15, -0.1) is 0 Å². The molecule has 1 heterocycles. The lowest BCUT2D eigenvalue weighted by Crippen LogP contribution is -2.16. The number of ether oxygens (including phenoxy) is 1. The van der Waals surface area contributed by atoms with Crippen LogP contribution >= 0.6 is 0 Å². The van der Waals surface area contributed by atoms with Crippen LogP contribution in [0.15, 0.2) is 24.3 Å². The van der Waals surface area contributed by atoms with E-state index in [-0.39, 0.29) is 0 Å². The number of aromatic nitrogens is 2. The van der Waals surface area contributed by atoms with E-state index in [1.807, 2.05) is 39.2 Å². The van der Waals surface area contributed by atoms with E-state index in [1.165, 1.54) is 5.56 Å². The summed E-state index contributed by atoms with van der Waals surface area (Å²) in [7, 11) is 5.55. The molecule has 0 aliphatic carbocycles. The molecular weight excluding hydrogens is 314 g/mol. The Bertz CT molecular complexity index is 690. The fraction of sp³-hybridized carbons (Fsp3) is 0.474. The Kier molecular flexibility index (Phi) is 7.01. The minimum Gasteiger partial charge on any atom is -0.496 e. The van der Waals surface area contributed by atoms with Crippen LogP contribution in [-0.4, -0.2) is 37.7 Å². The van der Waals surface area contributed by atoms with Crippen molar-refractivity contribution in [2.75, 3.05) is 38.4 Å². The molecule has 0 saturated heterocycles. The first-order chi connectivity index (χ1) is 12.0. The molecule has 0 radical (unpaired) electrons. The number of rotatable bonds is 9. The van der Waals surface area contributed by atoms with E-state index in [9.17, 15) is 0 Å². The molecule has 1 aromatic heterocycles. The molecule has 0 aliphatic heterocycles. The lowest BCUT2D eigenvalue weighted by Gasteiger charge is -2.15. The van der Waals surface area contributed by atoms with Crippen molar-refractivity contribution >= 4 is 17.5 Å². The SMILES string of the molecule is CNC[C@H](C)CCc1cc(Nc2nc(C)cc(NC)n2)ccc1OC. The highest BCUT2D eigenvalue weighted by Gasteiger charge is 2.09. The summed E-state index contributed by atoms with van der Waals surface area (Å²) < 4.78 is 5.51. The molecule has 2 rings (SSSR count). The molecule has 0 unspecified atom stereocenters. The highest BCUT2D eigenvalue weighted by Crippen LogP contribution is 2.26. The minimum absolute atomic E-state index is 0.587. The van der Waals surface area contributed by atoms with Crippen LogP contribution in [-0.2, 0) is 6.42 Å². The molecule has 1 aromatic carbocycles. The monoisotopic (exact) mass is 343 g/mol. The van der Waals surface area contributed by atoms with Crippen LogP contribution in [0.5, 0.6) is 5.75 Å². The second-order valence-electron chi connectivity index (χ2n) is 6.32. The molecule has 3 N–H and O–H groups in total. The van der Waals surface area contributed by atoms with Gasteiger partial charge >= 0.3 is 0 Å². The molecule has 2 aromatic rings. The van der Waals surface area contributed by atoms with Gasteiger partial charge in [0.1, 0.15) is 11.6 Å². The van der Waals surface area contributed by atoms with Gasteiger partial charge < -0.3 is 20.7 Å². The van der Waals surface area contributed by atoms with Gasteiger partial charge in [-0.3, -0.25) is 0 Å².